The molecule has 30 heavy (non-hydrogen) atoms. The second-order valence-electron chi connectivity index (χ2n) is 7.16. The zero-order valence-electron chi connectivity index (χ0n) is 16.3. The lowest BCUT2D eigenvalue weighted by Gasteiger charge is -2.23. The first-order valence-corrected chi connectivity index (χ1v) is 9.73. The van der Waals surface area contributed by atoms with E-state index in [1.165, 1.54) is 6.20 Å². The van der Waals surface area contributed by atoms with Gasteiger partial charge in [0.15, 0.2) is 0 Å². The van der Waals surface area contributed by atoms with E-state index in [-0.39, 0.29) is 11.6 Å². The minimum Gasteiger partial charge on any atom is -0.506 e. The molecule has 0 radical (unpaired) electrons. The van der Waals surface area contributed by atoms with E-state index in [2.05, 4.69) is 10.6 Å². The van der Waals surface area contributed by atoms with Gasteiger partial charge in [0.25, 0.3) is 17.4 Å². The van der Waals surface area contributed by atoms with Crippen molar-refractivity contribution in [2.24, 2.45) is 0 Å². The predicted molar refractivity (Wildman–Crippen MR) is 108 cm³/mol. The molecule has 0 bridgehead atoms. The Morgan fingerprint density at radius 3 is 2.33 bits per heavy atom. The van der Waals surface area contributed by atoms with Crippen LogP contribution in [0, 0.1) is 0 Å². The highest BCUT2D eigenvalue weighted by atomic mass is 16.4. The monoisotopic (exact) mass is 413 g/mol. The highest BCUT2D eigenvalue weighted by Gasteiger charge is 2.27. The standard InChI is InChI=1S/C21H23N3O6/c25-16(26)11-22-20(29)17-18(27)15(19(28)23-13-7-3-1-4-8-13)12-24(21(17)30)14-9-5-2-6-10-14/h2,5-6,9-10,12-13,27H,1,3-4,7-8,11H2,(H,22,29)(H,23,28)(H,25,26). The Bertz CT molecular complexity index is 1010. The lowest BCUT2D eigenvalue weighted by atomic mass is 9.95. The van der Waals surface area contributed by atoms with E-state index in [1.54, 1.807) is 30.3 Å². The first-order chi connectivity index (χ1) is 14.4. The fourth-order valence-corrected chi connectivity index (χ4v) is 3.51. The molecule has 4 N–H and O–H groups in total. The van der Waals surface area contributed by atoms with Crippen LogP contribution in [0.5, 0.6) is 5.75 Å². The molecule has 0 atom stereocenters. The second kappa shape index (κ2) is 9.25. The minimum absolute atomic E-state index is 0.0490. The Balaban J connectivity index is 2.05. The summed E-state index contributed by atoms with van der Waals surface area (Å²) < 4.78 is 1.09. The van der Waals surface area contributed by atoms with Gasteiger partial charge in [0.1, 0.15) is 17.9 Å². The Hall–Kier alpha value is -3.62. The van der Waals surface area contributed by atoms with Crippen molar-refractivity contribution in [3.63, 3.8) is 0 Å². The molecule has 9 heteroatoms. The van der Waals surface area contributed by atoms with Gasteiger partial charge in [-0.05, 0) is 25.0 Å². The fraction of sp³-hybridized carbons (Fsp3) is 0.333. The molecule has 3 rings (SSSR count). The number of carbonyl (C=O) groups is 3. The summed E-state index contributed by atoms with van der Waals surface area (Å²) in [6.07, 6.45) is 5.91. The molecule has 1 saturated carbocycles. The molecule has 1 fully saturated rings. The lowest BCUT2D eigenvalue weighted by molar-refractivity contribution is -0.135. The van der Waals surface area contributed by atoms with E-state index in [0.717, 1.165) is 36.7 Å². The molecule has 1 aliphatic rings. The largest absolute Gasteiger partial charge is 0.506 e. The number of hydrogen-bond acceptors (Lipinski definition) is 5. The van der Waals surface area contributed by atoms with Crippen LogP contribution >= 0.6 is 0 Å². The van der Waals surface area contributed by atoms with Crippen molar-refractivity contribution in [3.05, 3.63) is 58.0 Å². The van der Waals surface area contributed by atoms with Crippen LogP contribution in [-0.2, 0) is 4.79 Å². The van der Waals surface area contributed by atoms with E-state index < -0.39 is 41.2 Å². The number of aromatic hydroxyl groups is 1. The number of amides is 2. The van der Waals surface area contributed by atoms with Crippen molar-refractivity contribution in [3.8, 4) is 11.4 Å². The number of aromatic nitrogens is 1. The van der Waals surface area contributed by atoms with Crippen molar-refractivity contribution >= 4 is 17.8 Å². The van der Waals surface area contributed by atoms with Crippen LogP contribution in [-0.4, -0.2) is 45.2 Å². The number of aliphatic carboxylic acids is 1. The number of carboxylic acid groups (broad SMARTS) is 1. The van der Waals surface area contributed by atoms with Gasteiger partial charge in [-0.1, -0.05) is 37.5 Å². The predicted octanol–water partition coefficient (Wildman–Crippen LogP) is 1.42. The molecule has 2 amide bonds. The summed E-state index contributed by atoms with van der Waals surface area (Å²) in [6, 6.07) is 8.28. The van der Waals surface area contributed by atoms with E-state index in [4.69, 9.17) is 5.11 Å². The molecule has 1 heterocycles. The number of rotatable bonds is 6. The summed E-state index contributed by atoms with van der Waals surface area (Å²) in [7, 11) is 0. The number of nitrogens with zero attached hydrogens (tertiary/aromatic N) is 1. The Kier molecular flexibility index (Phi) is 6.51. The molecule has 0 aliphatic heterocycles. The van der Waals surface area contributed by atoms with Gasteiger partial charge in [0.2, 0.25) is 0 Å². The highest BCUT2D eigenvalue weighted by molar-refractivity contribution is 6.04. The molecular formula is C21H23N3O6. The first-order valence-electron chi connectivity index (χ1n) is 9.73. The molecule has 0 unspecified atom stereocenters. The van der Waals surface area contributed by atoms with Crippen molar-refractivity contribution < 1.29 is 24.6 Å². The molecule has 0 spiro atoms. The number of hydrogen-bond donors (Lipinski definition) is 4. The van der Waals surface area contributed by atoms with Crippen LogP contribution in [0.25, 0.3) is 5.69 Å². The van der Waals surface area contributed by atoms with Gasteiger partial charge in [-0.3, -0.25) is 23.7 Å². The van der Waals surface area contributed by atoms with Gasteiger partial charge in [-0.15, -0.1) is 0 Å². The maximum absolute atomic E-state index is 12.9. The van der Waals surface area contributed by atoms with E-state index in [1.807, 2.05) is 0 Å². The third-order valence-corrected chi connectivity index (χ3v) is 5.03. The molecule has 1 aromatic heterocycles. The number of carboxylic acids is 1. The van der Waals surface area contributed by atoms with Gasteiger partial charge in [-0.2, -0.15) is 0 Å². The zero-order chi connectivity index (χ0) is 21.7. The molecule has 9 nitrogen and oxygen atoms in total. The molecule has 1 aromatic carbocycles. The van der Waals surface area contributed by atoms with Crippen molar-refractivity contribution in [2.45, 2.75) is 38.1 Å². The van der Waals surface area contributed by atoms with Crippen molar-refractivity contribution in [1.82, 2.24) is 15.2 Å². The highest BCUT2D eigenvalue weighted by Crippen LogP contribution is 2.23. The van der Waals surface area contributed by atoms with E-state index in [9.17, 15) is 24.3 Å². The molecule has 1 aliphatic carbocycles. The first kappa shape index (κ1) is 21.1. The van der Waals surface area contributed by atoms with E-state index in [0.29, 0.717) is 5.69 Å². The Morgan fingerprint density at radius 2 is 1.70 bits per heavy atom. The molecular weight excluding hydrogens is 390 g/mol. The summed E-state index contributed by atoms with van der Waals surface area (Å²) in [5, 5.41) is 24.3. The smallest absolute Gasteiger partial charge is 0.322 e. The average molecular weight is 413 g/mol. The van der Waals surface area contributed by atoms with E-state index >= 15 is 0 Å². The second-order valence-corrected chi connectivity index (χ2v) is 7.16. The van der Waals surface area contributed by atoms with Crippen molar-refractivity contribution in [2.75, 3.05) is 6.54 Å². The maximum atomic E-state index is 12.9. The van der Waals surface area contributed by atoms with Crippen LogP contribution in [0.3, 0.4) is 0 Å². The van der Waals surface area contributed by atoms with Gasteiger partial charge in [0.05, 0.1) is 5.56 Å². The number of carbonyl (C=O) groups excluding carboxylic acids is 2. The zero-order valence-corrected chi connectivity index (χ0v) is 16.3. The minimum atomic E-state index is -1.31. The quantitative estimate of drug-likeness (QED) is 0.565. The Labute approximate surface area is 172 Å². The Morgan fingerprint density at radius 1 is 1.03 bits per heavy atom. The number of pyridine rings is 1. The lowest BCUT2D eigenvalue weighted by Crippen LogP contribution is -2.39. The number of nitrogens with one attached hydrogen (secondary N) is 2. The summed E-state index contributed by atoms with van der Waals surface area (Å²) in [4.78, 5) is 49.0. The van der Waals surface area contributed by atoms with Gasteiger partial charge >= 0.3 is 5.97 Å². The summed E-state index contributed by atoms with van der Waals surface area (Å²) >= 11 is 0. The maximum Gasteiger partial charge on any atom is 0.322 e. The van der Waals surface area contributed by atoms with Crippen LogP contribution in [0.15, 0.2) is 41.3 Å². The number of para-hydroxylation sites is 1. The van der Waals surface area contributed by atoms with Gasteiger partial charge in [-0.25, -0.2) is 0 Å². The van der Waals surface area contributed by atoms with Crippen molar-refractivity contribution in [1.29, 1.82) is 0 Å². The number of benzene rings is 1. The van der Waals surface area contributed by atoms with Crippen LogP contribution in [0.1, 0.15) is 52.8 Å². The average Bonchev–Trinajstić information content (AvgIpc) is 2.73. The molecule has 158 valence electrons. The summed E-state index contributed by atoms with van der Waals surface area (Å²) in [5.41, 5.74) is -1.39. The topological polar surface area (TPSA) is 138 Å². The normalized spacial score (nSPS) is 14.1. The van der Waals surface area contributed by atoms with Crippen LogP contribution in [0.2, 0.25) is 0 Å². The molecule has 0 saturated heterocycles. The molecule has 2 aromatic rings. The third kappa shape index (κ3) is 4.68. The fourth-order valence-electron chi connectivity index (χ4n) is 3.51. The SMILES string of the molecule is O=C(O)CNC(=O)c1c(O)c(C(=O)NC2CCCCC2)cn(-c2ccccc2)c1=O. The van der Waals surface area contributed by atoms with Crippen LogP contribution in [0.4, 0.5) is 0 Å². The summed E-state index contributed by atoms with van der Waals surface area (Å²) in [6.45, 7) is -0.735. The summed E-state index contributed by atoms with van der Waals surface area (Å²) in [5.74, 6) is -3.76. The third-order valence-electron chi connectivity index (χ3n) is 5.03. The van der Waals surface area contributed by atoms with Gasteiger partial charge < -0.3 is 20.8 Å². The van der Waals surface area contributed by atoms with Gasteiger partial charge in [0, 0.05) is 17.9 Å². The van der Waals surface area contributed by atoms with Crippen LogP contribution < -0.4 is 16.2 Å².